The molecule has 0 aromatic rings. The van der Waals surface area contributed by atoms with Crippen molar-refractivity contribution in [2.75, 3.05) is 0 Å². The molecule has 1 unspecified atom stereocenters. The second kappa shape index (κ2) is 15.4. The molecule has 0 heterocycles. The van der Waals surface area contributed by atoms with Gasteiger partial charge in [-0.3, -0.25) is 4.79 Å². The van der Waals surface area contributed by atoms with Gasteiger partial charge in [-0.05, 0) is 12.8 Å². The molecule has 0 aliphatic rings. The molecule has 0 saturated carbocycles. The van der Waals surface area contributed by atoms with Crippen molar-refractivity contribution in [3.63, 3.8) is 0 Å². The largest absolute Gasteiger partial charge is 0.479 e. The van der Waals surface area contributed by atoms with E-state index in [-0.39, 0.29) is 12.8 Å². The van der Waals surface area contributed by atoms with Gasteiger partial charge in [0, 0.05) is 6.42 Å². The topological polar surface area (TPSA) is 74.6 Å². The zero-order chi connectivity index (χ0) is 19.0. The Balaban J connectivity index is 3.49. The summed E-state index contributed by atoms with van der Waals surface area (Å²) in [6.45, 7) is 3.83. The van der Waals surface area contributed by atoms with Crippen LogP contribution in [0, 0.1) is 0 Å². The Morgan fingerprint density at radius 2 is 1.04 bits per heavy atom. The highest BCUT2D eigenvalue weighted by Gasteiger charge is 2.41. The molecule has 0 spiro atoms. The zero-order valence-corrected chi connectivity index (χ0v) is 16.5. The minimum Gasteiger partial charge on any atom is -0.479 e. The lowest BCUT2D eigenvalue weighted by Gasteiger charge is -2.21. The summed E-state index contributed by atoms with van der Waals surface area (Å²) in [5, 5.41) is 19.1. The number of unbranched alkanes of at least 4 members (excludes halogenated alkanes) is 13. The van der Waals surface area contributed by atoms with Gasteiger partial charge >= 0.3 is 5.97 Å². The number of carboxylic acids is 1. The van der Waals surface area contributed by atoms with Gasteiger partial charge in [-0.1, -0.05) is 97.3 Å². The van der Waals surface area contributed by atoms with Crippen molar-refractivity contribution in [1.82, 2.24) is 0 Å². The molecule has 0 aromatic carbocycles. The van der Waals surface area contributed by atoms with E-state index in [1.54, 1.807) is 6.92 Å². The van der Waals surface area contributed by atoms with Crippen molar-refractivity contribution in [3.05, 3.63) is 0 Å². The van der Waals surface area contributed by atoms with E-state index in [1.165, 1.54) is 64.2 Å². The Labute approximate surface area is 154 Å². The number of hydrogen-bond acceptors (Lipinski definition) is 3. The third-order valence-electron chi connectivity index (χ3n) is 5.03. The van der Waals surface area contributed by atoms with E-state index in [0.717, 1.165) is 19.3 Å². The lowest BCUT2D eigenvalue weighted by Crippen LogP contribution is -2.46. The SMILES string of the molecule is CCCCCCCCCCCCCCCCC(O)(C(=O)O)C(=O)CC. The molecule has 0 radical (unpaired) electrons. The zero-order valence-electron chi connectivity index (χ0n) is 16.5. The highest BCUT2D eigenvalue weighted by molar-refractivity contribution is 6.05. The summed E-state index contributed by atoms with van der Waals surface area (Å²) in [5.74, 6) is -2.00. The van der Waals surface area contributed by atoms with E-state index in [4.69, 9.17) is 5.11 Å². The van der Waals surface area contributed by atoms with Gasteiger partial charge in [0.05, 0.1) is 0 Å². The van der Waals surface area contributed by atoms with Gasteiger partial charge in [-0.25, -0.2) is 4.79 Å². The summed E-state index contributed by atoms with van der Waals surface area (Å²) in [4.78, 5) is 22.7. The number of Topliss-reactive ketones (excluding diaryl/α,β-unsaturated/α-hetero) is 1. The van der Waals surface area contributed by atoms with E-state index < -0.39 is 17.4 Å². The maximum atomic E-state index is 11.6. The lowest BCUT2D eigenvalue weighted by molar-refractivity contribution is -0.166. The van der Waals surface area contributed by atoms with Crippen molar-refractivity contribution in [1.29, 1.82) is 0 Å². The summed E-state index contributed by atoms with van der Waals surface area (Å²) in [6.07, 6.45) is 17.1. The molecule has 0 saturated heterocycles. The first-order valence-corrected chi connectivity index (χ1v) is 10.5. The first kappa shape index (κ1) is 24.1. The Bertz CT molecular complexity index is 354. The molecule has 1 atom stereocenters. The molecular weight excluding hydrogens is 316 g/mol. The number of carboxylic acid groups (broad SMARTS) is 1. The summed E-state index contributed by atoms with van der Waals surface area (Å²) >= 11 is 0. The van der Waals surface area contributed by atoms with Gasteiger partial charge in [0.1, 0.15) is 0 Å². The summed E-state index contributed by atoms with van der Waals surface area (Å²) < 4.78 is 0. The molecule has 0 amide bonds. The van der Waals surface area contributed by atoms with Crippen LogP contribution in [0.3, 0.4) is 0 Å². The van der Waals surface area contributed by atoms with Gasteiger partial charge in [-0.15, -0.1) is 0 Å². The van der Waals surface area contributed by atoms with E-state index in [9.17, 15) is 14.7 Å². The van der Waals surface area contributed by atoms with Crippen LogP contribution >= 0.6 is 0 Å². The maximum Gasteiger partial charge on any atom is 0.343 e. The molecule has 4 nitrogen and oxygen atoms in total. The molecule has 25 heavy (non-hydrogen) atoms. The van der Waals surface area contributed by atoms with Crippen molar-refractivity contribution in [2.24, 2.45) is 0 Å². The Morgan fingerprint density at radius 3 is 1.36 bits per heavy atom. The van der Waals surface area contributed by atoms with Crippen LogP contribution in [0.1, 0.15) is 117 Å². The average Bonchev–Trinajstić information content (AvgIpc) is 2.60. The summed E-state index contributed by atoms with van der Waals surface area (Å²) in [5.41, 5.74) is -2.17. The molecule has 0 bridgehead atoms. The van der Waals surface area contributed by atoms with Crippen LogP contribution in [0.4, 0.5) is 0 Å². The Hall–Kier alpha value is -0.900. The molecule has 148 valence electrons. The lowest BCUT2D eigenvalue weighted by atomic mass is 9.90. The summed E-state index contributed by atoms with van der Waals surface area (Å²) in [6, 6.07) is 0. The fraction of sp³-hybridized carbons (Fsp3) is 0.905. The average molecular weight is 357 g/mol. The molecule has 2 N–H and O–H groups in total. The molecule has 0 aromatic heterocycles. The van der Waals surface area contributed by atoms with Crippen molar-refractivity contribution < 1.29 is 19.8 Å². The van der Waals surface area contributed by atoms with Gasteiger partial charge in [0.15, 0.2) is 5.78 Å². The van der Waals surface area contributed by atoms with Crippen LogP contribution in [0.5, 0.6) is 0 Å². The van der Waals surface area contributed by atoms with E-state index >= 15 is 0 Å². The predicted molar refractivity (Wildman–Crippen MR) is 103 cm³/mol. The molecular formula is C21H40O4. The number of carbonyl (C=O) groups excluding carboxylic acids is 1. The third kappa shape index (κ3) is 11.4. The van der Waals surface area contributed by atoms with Crippen LogP contribution in [0.25, 0.3) is 0 Å². The molecule has 0 fully saturated rings. The maximum absolute atomic E-state index is 11.6. The van der Waals surface area contributed by atoms with Crippen molar-refractivity contribution >= 4 is 11.8 Å². The van der Waals surface area contributed by atoms with Gasteiger partial charge in [0.25, 0.3) is 0 Å². The minimum atomic E-state index is -2.17. The standard InChI is InChI=1S/C21H40O4/c1-3-5-6-7-8-9-10-11-12-13-14-15-16-17-18-21(25,20(23)24)19(22)4-2/h25H,3-18H2,1-2H3,(H,23,24). The fourth-order valence-corrected chi connectivity index (χ4v) is 3.23. The molecule has 4 heteroatoms. The van der Waals surface area contributed by atoms with Gasteiger partial charge in [-0.2, -0.15) is 0 Å². The second-order valence-corrected chi connectivity index (χ2v) is 7.29. The monoisotopic (exact) mass is 356 g/mol. The Kier molecular flexibility index (Phi) is 14.8. The van der Waals surface area contributed by atoms with E-state index in [1.807, 2.05) is 0 Å². The molecule has 0 aliphatic heterocycles. The highest BCUT2D eigenvalue weighted by Crippen LogP contribution is 2.20. The predicted octanol–water partition coefficient (Wildman–Crippen LogP) is 5.65. The summed E-state index contributed by atoms with van der Waals surface area (Å²) in [7, 11) is 0. The van der Waals surface area contributed by atoms with E-state index in [0.29, 0.717) is 6.42 Å². The van der Waals surface area contributed by atoms with Crippen LogP contribution in [0.15, 0.2) is 0 Å². The smallest absolute Gasteiger partial charge is 0.343 e. The first-order valence-electron chi connectivity index (χ1n) is 10.5. The van der Waals surface area contributed by atoms with Gasteiger partial charge in [0.2, 0.25) is 5.60 Å². The first-order chi connectivity index (χ1) is 12.0. The fourth-order valence-electron chi connectivity index (χ4n) is 3.23. The quantitative estimate of drug-likeness (QED) is 0.246. The van der Waals surface area contributed by atoms with Crippen molar-refractivity contribution in [3.8, 4) is 0 Å². The van der Waals surface area contributed by atoms with Crippen LogP contribution in [-0.2, 0) is 9.59 Å². The molecule has 0 aliphatic carbocycles. The number of carbonyl (C=O) groups is 2. The minimum absolute atomic E-state index is 0.0348. The molecule has 0 rings (SSSR count). The van der Waals surface area contributed by atoms with Gasteiger partial charge < -0.3 is 10.2 Å². The van der Waals surface area contributed by atoms with Crippen LogP contribution in [0.2, 0.25) is 0 Å². The van der Waals surface area contributed by atoms with E-state index in [2.05, 4.69) is 6.92 Å². The van der Waals surface area contributed by atoms with Crippen LogP contribution in [-0.4, -0.2) is 27.6 Å². The number of aliphatic carboxylic acids is 1. The highest BCUT2D eigenvalue weighted by atomic mass is 16.4. The Morgan fingerprint density at radius 1 is 0.680 bits per heavy atom. The number of aliphatic hydroxyl groups is 1. The third-order valence-corrected chi connectivity index (χ3v) is 5.03. The normalized spacial score (nSPS) is 13.6. The van der Waals surface area contributed by atoms with Crippen LogP contribution < -0.4 is 0 Å². The number of hydrogen-bond donors (Lipinski definition) is 2. The number of rotatable bonds is 18. The van der Waals surface area contributed by atoms with Crippen molar-refractivity contribution in [2.45, 2.75) is 122 Å². The number of ketones is 1. The second-order valence-electron chi connectivity index (χ2n) is 7.29.